The van der Waals surface area contributed by atoms with Crippen molar-refractivity contribution in [2.75, 3.05) is 0 Å². The number of benzene rings is 2. The van der Waals surface area contributed by atoms with E-state index in [0.717, 1.165) is 26.4 Å². The molecule has 0 saturated heterocycles. The van der Waals surface area contributed by atoms with Crippen molar-refractivity contribution in [3.05, 3.63) is 108 Å². The van der Waals surface area contributed by atoms with Gasteiger partial charge in [-0.05, 0) is 34.9 Å². The number of aryl methyl sites for hydroxylation is 2. The van der Waals surface area contributed by atoms with Crippen LogP contribution in [-0.4, -0.2) is 28.2 Å². The molecule has 4 heterocycles. The Kier molecular flexibility index (Phi) is 7.50. The number of aromatic nitrogens is 3. The van der Waals surface area contributed by atoms with E-state index in [9.17, 15) is 4.39 Å². The summed E-state index contributed by atoms with van der Waals surface area (Å²) in [6, 6.07) is 23.1. The third-order valence-electron chi connectivity index (χ3n) is 6.95. The minimum atomic E-state index is -2.38. The minimum Gasteiger partial charge on any atom is 0 e. The number of furan rings is 1. The second-order valence-electron chi connectivity index (χ2n) is 12.2. The van der Waals surface area contributed by atoms with Gasteiger partial charge in [-0.25, -0.2) is 0 Å². The van der Waals surface area contributed by atoms with Gasteiger partial charge in [0.25, 0.3) is 0 Å². The van der Waals surface area contributed by atoms with Crippen molar-refractivity contribution in [3.8, 4) is 22.5 Å². The van der Waals surface area contributed by atoms with Crippen LogP contribution in [0.3, 0.4) is 0 Å². The van der Waals surface area contributed by atoms with Crippen LogP contribution in [-0.2, 0) is 25.5 Å². The van der Waals surface area contributed by atoms with Gasteiger partial charge < -0.3 is 9.40 Å². The molecule has 0 bridgehead atoms. The molecule has 0 aliphatic carbocycles. The third kappa shape index (κ3) is 7.31. The van der Waals surface area contributed by atoms with E-state index in [4.69, 9.17) is 12.6 Å². The van der Waals surface area contributed by atoms with Gasteiger partial charge in [-0.3, -0.25) is 0 Å². The van der Waals surface area contributed by atoms with Gasteiger partial charge >= 0.3 is 121 Å². The molecule has 6 aromatic rings. The third-order valence-corrected chi connectivity index (χ3v) is 11.2. The second kappa shape index (κ2) is 12.8. The predicted octanol–water partition coefficient (Wildman–Crippen LogP) is 8.99. The first-order chi connectivity index (χ1) is 22.2. The van der Waals surface area contributed by atoms with Gasteiger partial charge in [0.1, 0.15) is 0 Å². The fourth-order valence-corrected chi connectivity index (χ4v) is 7.40. The maximum absolute atomic E-state index is 13.4. The molecule has 0 aliphatic heterocycles. The Morgan fingerprint density at radius 3 is 2.40 bits per heavy atom. The van der Waals surface area contributed by atoms with E-state index in [1.54, 1.807) is 30.6 Å². The van der Waals surface area contributed by atoms with Crippen LogP contribution in [0, 0.1) is 31.8 Å². The Bertz CT molecular complexity index is 2100. The van der Waals surface area contributed by atoms with Crippen LogP contribution >= 0.6 is 0 Å². The second-order valence-corrected chi connectivity index (χ2v) is 22.8. The summed E-state index contributed by atoms with van der Waals surface area (Å²) in [7, 11) is 0. The Hall–Kier alpha value is -3.19. The Balaban J connectivity index is 0.000000216. The van der Waals surface area contributed by atoms with E-state index < -0.39 is 32.9 Å². The normalized spacial score (nSPS) is 14.3. The molecule has 0 aliphatic rings. The predicted molar refractivity (Wildman–Crippen MR) is 173 cm³/mol. The standard InChI is InChI=1S/C20H16FN2O.C16H20GeN.Ir/c1-20(2,3)12-9-10-22-16(11-12)15-6-4-5-13-14-7-8-17(21)23-19(14)24-18(13)15;1-12-6-8-14(9-7-12)16-10-13(2)15(11-18-16)17(3,4)5;/h4-5,7-11H,1-3H3;6-8,10-11H,1-5H3;/q2*-1;/i;1D3,2D3;. The summed E-state index contributed by atoms with van der Waals surface area (Å²) in [5, 5.41) is 1.67. The van der Waals surface area contributed by atoms with Crippen molar-refractivity contribution in [1.29, 1.82) is 0 Å². The van der Waals surface area contributed by atoms with Gasteiger partial charge in [0.05, 0.1) is 5.58 Å². The fraction of sp³-hybridized carbons (Fsp3) is 0.250. The molecule has 43 heavy (non-hydrogen) atoms. The largest absolute Gasteiger partial charge is 0 e. The molecule has 0 saturated carbocycles. The first-order valence-corrected chi connectivity index (χ1v) is 21.0. The molecule has 4 aromatic heterocycles. The number of hydrogen-bond acceptors (Lipinski definition) is 4. The number of pyridine rings is 3. The summed E-state index contributed by atoms with van der Waals surface area (Å²) in [6.45, 7) is 2.08. The number of rotatable bonds is 3. The van der Waals surface area contributed by atoms with Crippen molar-refractivity contribution in [2.24, 2.45) is 0 Å². The van der Waals surface area contributed by atoms with Gasteiger partial charge in [-0.2, -0.15) is 9.37 Å². The number of hydrogen-bond donors (Lipinski definition) is 0. The molecule has 0 spiro atoms. The van der Waals surface area contributed by atoms with Crippen LogP contribution in [0.4, 0.5) is 4.39 Å². The maximum atomic E-state index is 13.4. The zero-order chi connectivity index (χ0) is 35.2. The Morgan fingerprint density at radius 2 is 1.72 bits per heavy atom. The summed E-state index contributed by atoms with van der Waals surface area (Å²) >= 11 is -2.38. The molecule has 0 atom stereocenters. The van der Waals surface area contributed by atoms with Gasteiger partial charge in [0.15, 0.2) is 0 Å². The van der Waals surface area contributed by atoms with E-state index >= 15 is 0 Å². The van der Waals surface area contributed by atoms with Crippen LogP contribution in [0.1, 0.15) is 45.7 Å². The summed E-state index contributed by atoms with van der Waals surface area (Å²) in [6.07, 6.45) is 3.46. The van der Waals surface area contributed by atoms with E-state index in [2.05, 4.69) is 65.1 Å². The first kappa shape index (κ1) is 25.2. The van der Waals surface area contributed by atoms with Gasteiger partial charge in [0, 0.05) is 31.7 Å². The molecule has 0 unspecified atom stereocenters. The molecular formula is C36H36FGeIrN3O-2. The molecule has 4 nitrogen and oxygen atoms in total. The average molecular weight is 817 g/mol. The smallest absolute Gasteiger partial charge is 0 e. The van der Waals surface area contributed by atoms with E-state index in [-0.39, 0.29) is 36.8 Å². The summed E-state index contributed by atoms with van der Waals surface area (Å²) in [5.74, 6) is 5.83. The van der Waals surface area contributed by atoms with Gasteiger partial charge in [-0.15, -0.1) is 18.2 Å². The molecule has 223 valence electrons. The van der Waals surface area contributed by atoms with Crippen molar-refractivity contribution in [1.82, 2.24) is 15.0 Å². The van der Waals surface area contributed by atoms with E-state index in [1.807, 2.05) is 24.3 Å². The topological polar surface area (TPSA) is 51.8 Å². The molecule has 6 rings (SSSR count). The summed E-state index contributed by atoms with van der Waals surface area (Å²) < 4.78 is 65.7. The first-order valence-electron chi connectivity index (χ1n) is 16.6. The zero-order valence-electron chi connectivity index (χ0n) is 30.9. The van der Waals surface area contributed by atoms with Crippen LogP contribution in [0.25, 0.3) is 44.6 Å². The van der Waals surface area contributed by atoms with Crippen molar-refractivity contribution >= 4 is 39.7 Å². The van der Waals surface area contributed by atoms with E-state index in [1.165, 1.54) is 23.8 Å². The zero-order valence-corrected chi connectivity index (χ0v) is 29.4. The van der Waals surface area contributed by atoms with Crippen LogP contribution < -0.4 is 4.40 Å². The van der Waals surface area contributed by atoms with Crippen LogP contribution in [0.5, 0.6) is 0 Å². The van der Waals surface area contributed by atoms with Gasteiger partial charge in [0.2, 0.25) is 11.7 Å². The Labute approximate surface area is 278 Å². The average Bonchev–Trinajstić information content (AvgIpc) is 3.37. The van der Waals surface area contributed by atoms with Crippen molar-refractivity contribution < 1.29 is 37.1 Å². The molecule has 2 aromatic carbocycles. The minimum absolute atomic E-state index is 0. The fourth-order valence-electron chi connectivity index (χ4n) is 4.61. The quantitative estimate of drug-likeness (QED) is 0.102. The maximum Gasteiger partial charge on any atom is 0 e. The van der Waals surface area contributed by atoms with Crippen molar-refractivity contribution in [3.63, 3.8) is 0 Å². The number of halogens is 1. The van der Waals surface area contributed by atoms with Gasteiger partial charge in [-0.1, -0.05) is 37.8 Å². The number of fused-ring (bicyclic) bond motifs is 3. The molecule has 0 fully saturated rings. The Morgan fingerprint density at radius 1 is 0.907 bits per heavy atom. The number of nitrogens with zero attached hydrogens (tertiary/aromatic N) is 3. The molecule has 0 amide bonds. The summed E-state index contributed by atoms with van der Waals surface area (Å²) in [5.41, 5.74) is 5.28. The monoisotopic (exact) mass is 818 g/mol. The van der Waals surface area contributed by atoms with Crippen LogP contribution in [0.2, 0.25) is 17.3 Å². The molecule has 7 heteroatoms. The van der Waals surface area contributed by atoms with Crippen molar-refractivity contribution in [2.45, 2.75) is 57.2 Å². The summed E-state index contributed by atoms with van der Waals surface area (Å²) in [4.78, 5) is 12.7. The van der Waals surface area contributed by atoms with Crippen LogP contribution in [0.15, 0.2) is 77.5 Å². The van der Waals surface area contributed by atoms with E-state index in [0.29, 0.717) is 22.4 Å². The SMILES string of the molecule is CC(C)(C)c1ccnc(-c2[c-]ccc3c2oc2nc(F)ccc23)c1.[2H]C([2H])([2H])c1c[c-]c(-c2cc(C([2H])([2H])[2H])[c]([Ge]([CH3])([CH3])[CH3])cn2)cc1.[Ir]. The molecule has 0 N–H and O–H groups in total. The molecule has 1 radical (unpaired) electrons. The molecular weight excluding hydrogens is 774 g/mol.